The van der Waals surface area contributed by atoms with E-state index in [1.807, 2.05) is 19.9 Å². The maximum Gasteiger partial charge on any atom is 0.280 e. The minimum Gasteiger partial charge on any atom is -0.487 e. The number of hydrogen-bond donors (Lipinski definition) is 2. The first-order chi connectivity index (χ1) is 11.7. The molecule has 2 aliphatic rings. The predicted molar refractivity (Wildman–Crippen MR) is 99.6 cm³/mol. The van der Waals surface area contributed by atoms with Crippen molar-refractivity contribution in [2.45, 2.75) is 70.1 Å². The first-order valence-electron chi connectivity index (χ1n) is 9.02. The van der Waals surface area contributed by atoms with Crippen LogP contribution >= 0.6 is 0 Å². The molecule has 0 amide bonds. The molecule has 0 saturated heterocycles. The van der Waals surface area contributed by atoms with Crippen LogP contribution in [0, 0.1) is 0 Å². The predicted octanol–water partition coefficient (Wildman–Crippen LogP) is 2.97. The van der Waals surface area contributed by atoms with Crippen molar-refractivity contribution in [2.24, 2.45) is 0 Å². The Morgan fingerprint density at radius 1 is 1.24 bits per heavy atom. The van der Waals surface area contributed by atoms with Crippen LogP contribution in [0.1, 0.15) is 64.0 Å². The van der Waals surface area contributed by atoms with Crippen LogP contribution in [0.25, 0.3) is 0 Å². The van der Waals surface area contributed by atoms with Crippen LogP contribution in [0.2, 0.25) is 0 Å². The number of hydrogen-bond acceptors (Lipinski definition) is 4. The number of benzene rings is 1. The second-order valence-electron chi connectivity index (χ2n) is 7.85. The van der Waals surface area contributed by atoms with Crippen LogP contribution in [-0.4, -0.2) is 31.4 Å². The van der Waals surface area contributed by atoms with Crippen LogP contribution in [-0.2, 0) is 10.2 Å². The minimum atomic E-state index is -3.58. The number of fused-ring (bicyclic) bond motifs is 1. The molecule has 0 spiro atoms. The van der Waals surface area contributed by atoms with Gasteiger partial charge in [0.05, 0.1) is 6.04 Å². The Labute approximate surface area is 150 Å². The van der Waals surface area contributed by atoms with Crippen LogP contribution in [0.15, 0.2) is 18.2 Å². The SMILES string of the molecule is CN(C1CCCCC1)S(=O)(=O)NC1CC(C)(C)Oc2ccc(N)cc21. The topological polar surface area (TPSA) is 84.7 Å². The van der Waals surface area contributed by atoms with Gasteiger partial charge in [-0.25, -0.2) is 0 Å². The van der Waals surface area contributed by atoms with E-state index < -0.39 is 15.8 Å². The molecule has 3 N–H and O–H groups in total. The fraction of sp³-hybridized carbons (Fsp3) is 0.667. The highest BCUT2D eigenvalue weighted by Crippen LogP contribution is 2.41. The van der Waals surface area contributed by atoms with E-state index >= 15 is 0 Å². The van der Waals surface area contributed by atoms with Gasteiger partial charge in [0, 0.05) is 30.8 Å². The molecule has 0 bridgehead atoms. The fourth-order valence-corrected chi connectivity index (χ4v) is 5.22. The molecule has 7 heteroatoms. The zero-order chi connectivity index (χ0) is 18.2. The summed E-state index contributed by atoms with van der Waals surface area (Å²) in [5.41, 5.74) is 6.87. The molecule has 1 aromatic rings. The Morgan fingerprint density at radius 3 is 2.60 bits per heavy atom. The van der Waals surface area contributed by atoms with E-state index in [0.717, 1.165) is 31.2 Å². The Bertz CT molecular complexity index is 727. The van der Waals surface area contributed by atoms with Crippen molar-refractivity contribution in [1.82, 2.24) is 9.03 Å². The summed E-state index contributed by atoms with van der Waals surface area (Å²) < 4.78 is 36.3. The molecule has 1 aromatic carbocycles. The number of nitrogens with two attached hydrogens (primary N) is 1. The van der Waals surface area contributed by atoms with Crippen LogP contribution in [0.4, 0.5) is 5.69 Å². The van der Waals surface area contributed by atoms with Gasteiger partial charge in [-0.3, -0.25) is 0 Å². The standard InChI is InChI=1S/C18H29N3O3S/c1-18(2)12-16(15-11-13(19)9-10-17(15)24-18)20-25(22,23)21(3)14-7-5-4-6-8-14/h9-11,14,16,20H,4-8,12,19H2,1-3H3. The monoisotopic (exact) mass is 367 g/mol. The van der Waals surface area contributed by atoms with Gasteiger partial charge in [0.1, 0.15) is 11.4 Å². The molecule has 1 heterocycles. The molecule has 0 radical (unpaired) electrons. The average molecular weight is 368 g/mol. The van der Waals surface area contributed by atoms with E-state index in [2.05, 4.69) is 4.72 Å². The van der Waals surface area contributed by atoms with Gasteiger partial charge in [0.25, 0.3) is 10.2 Å². The molecular formula is C18H29N3O3S. The zero-order valence-corrected chi connectivity index (χ0v) is 16.1. The number of nitrogen functional groups attached to an aromatic ring is 1. The fourth-order valence-electron chi connectivity index (χ4n) is 3.88. The van der Waals surface area contributed by atoms with Crippen molar-refractivity contribution in [3.63, 3.8) is 0 Å². The van der Waals surface area contributed by atoms with Gasteiger partial charge in [-0.1, -0.05) is 19.3 Å². The van der Waals surface area contributed by atoms with Crippen molar-refractivity contribution >= 4 is 15.9 Å². The van der Waals surface area contributed by atoms with E-state index in [-0.39, 0.29) is 12.1 Å². The Kier molecular flexibility index (Phi) is 5.01. The number of rotatable bonds is 4. The van der Waals surface area contributed by atoms with E-state index in [9.17, 15) is 8.42 Å². The smallest absolute Gasteiger partial charge is 0.280 e. The molecule has 1 aliphatic carbocycles. The highest BCUT2D eigenvalue weighted by molar-refractivity contribution is 7.87. The lowest BCUT2D eigenvalue weighted by atomic mass is 9.90. The largest absolute Gasteiger partial charge is 0.487 e. The van der Waals surface area contributed by atoms with Crippen LogP contribution in [0.3, 0.4) is 0 Å². The molecule has 6 nitrogen and oxygen atoms in total. The molecule has 1 atom stereocenters. The highest BCUT2D eigenvalue weighted by atomic mass is 32.2. The van der Waals surface area contributed by atoms with Crippen molar-refractivity contribution in [1.29, 1.82) is 0 Å². The second kappa shape index (κ2) is 6.78. The summed E-state index contributed by atoms with van der Waals surface area (Å²) >= 11 is 0. The second-order valence-corrected chi connectivity index (χ2v) is 9.61. The van der Waals surface area contributed by atoms with E-state index in [1.165, 1.54) is 10.7 Å². The number of ether oxygens (including phenoxy) is 1. The zero-order valence-electron chi connectivity index (χ0n) is 15.3. The summed E-state index contributed by atoms with van der Waals surface area (Å²) in [4.78, 5) is 0. The van der Waals surface area contributed by atoms with Gasteiger partial charge >= 0.3 is 0 Å². The molecule has 0 aromatic heterocycles. The first kappa shape index (κ1) is 18.5. The summed E-state index contributed by atoms with van der Waals surface area (Å²) in [6.45, 7) is 3.94. The van der Waals surface area contributed by atoms with Crippen molar-refractivity contribution in [3.8, 4) is 5.75 Å². The third-order valence-electron chi connectivity index (χ3n) is 5.25. The third-order valence-corrected chi connectivity index (χ3v) is 6.89. The van der Waals surface area contributed by atoms with Gasteiger partial charge in [-0.2, -0.15) is 17.4 Å². The van der Waals surface area contributed by atoms with Gasteiger partial charge in [0.2, 0.25) is 0 Å². The Hall–Kier alpha value is -1.31. The Morgan fingerprint density at radius 2 is 1.92 bits per heavy atom. The van der Waals surface area contributed by atoms with Gasteiger partial charge in [-0.15, -0.1) is 0 Å². The molecule has 1 unspecified atom stereocenters. The summed E-state index contributed by atoms with van der Waals surface area (Å²) in [5.74, 6) is 0.693. The summed E-state index contributed by atoms with van der Waals surface area (Å²) in [6, 6.07) is 5.13. The van der Waals surface area contributed by atoms with Crippen molar-refractivity contribution < 1.29 is 13.2 Å². The molecule has 140 valence electrons. The average Bonchev–Trinajstić information content (AvgIpc) is 2.54. The lowest BCUT2D eigenvalue weighted by molar-refractivity contribution is 0.0698. The minimum absolute atomic E-state index is 0.0828. The molecule has 25 heavy (non-hydrogen) atoms. The van der Waals surface area contributed by atoms with E-state index in [0.29, 0.717) is 17.9 Å². The Balaban J connectivity index is 1.84. The molecular weight excluding hydrogens is 338 g/mol. The maximum absolute atomic E-state index is 12.9. The summed E-state index contributed by atoms with van der Waals surface area (Å²) in [5, 5.41) is 0. The highest BCUT2D eigenvalue weighted by Gasteiger charge is 2.37. The summed E-state index contributed by atoms with van der Waals surface area (Å²) in [7, 11) is -1.89. The van der Waals surface area contributed by atoms with E-state index in [1.54, 1.807) is 19.2 Å². The van der Waals surface area contributed by atoms with Gasteiger partial charge in [-0.05, 0) is 44.9 Å². The molecule has 1 saturated carbocycles. The van der Waals surface area contributed by atoms with E-state index in [4.69, 9.17) is 10.5 Å². The van der Waals surface area contributed by atoms with Gasteiger partial charge < -0.3 is 10.5 Å². The van der Waals surface area contributed by atoms with Crippen LogP contribution in [0.5, 0.6) is 5.75 Å². The number of nitrogens with zero attached hydrogens (tertiary/aromatic N) is 1. The number of anilines is 1. The van der Waals surface area contributed by atoms with Crippen molar-refractivity contribution in [2.75, 3.05) is 12.8 Å². The molecule has 1 aliphatic heterocycles. The maximum atomic E-state index is 12.9. The molecule has 3 rings (SSSR count). The normalized spacial score (nSPS) is 23.9. The molecule has 1 fully saturated rings. The summed E-state index contributed by atoms with van der Waals surface area (Å²) in [6.07, 6.45) is 5.79. The lowest BCUT2D eigenvalue weighted by Crippen LogP contribution is -2.48. The van der Waals surface area contributed by atoms with Crippen molar-refractivity contribution in [3.05, 3.63) is 23.8 Å². The lowest BCUT2D eigenvalue weighted by Gasteiger charge is -2.39. The number of nitrogens with one attached hydrogen (secondary N) is 1. The van der Waals surface area contributed by atoms with Gasteiger partial charge in [0.15, 0.2) is 0 Å². The third kappa shape index (κ3) is 4.10. The quantitative estimate of drug-likeness (QED) is 0.801. The first-order valence-corrected chi connectivity index (χ1v) is 10.5. The van der Waals surface area contributed by atoms with Crippen LogP contribution < -0.4 is 15.2 Å².